The molecule has 4 rings (SSSR count). The molecule has 1 aliphatic rings. The summed E-state index contributed by atoms with van der Waals surface area (Å²) in [6, 6.07) is 12.1. The zero-order valence-electron chi connectivity index (χ0n) is 20.1. The second kappa shape index (κ2) is 11.8. The fourth-order valence-corrected chi connectivity index (χ4v) is 4.21. The number of carbonyl (C=O) groups excluding carboxylic acids is 1. The molecule has 0 bridgehead atoms. The van der Waals surface area contributed by atoms with E-state index in [4.69, 9.17) is 9.47 Å². The van der Waals surface area contributed by atoms with Crippen LogP contribution in [0, 0.1) is 5.92 Å². The summed E-state index contributed by atoms with van der Waals surface area (Å²) in [5.41, 5.74) is 1.06. The van der Waals surface area contributed by atoms with Gasteiger partial charge in [0.15, 0.2) is 0 Å². The topological polar surface area (TPSA) is 128 Å². The van der Waals surface area contributed by atoms with Gasteiger partial charge in [-0.15, -0.1) is 5.10 Å². The van der Waals surface area contributed by atoms with E-state index >= 15 is 0 Å². The van der Waals surface area contributed by atoms with Gasteiger partial charge >= 0.3 is 12.1 Å². The van der Waals surface area contributed by atoms with E-state index in [1.807, 2.05) is 30.3 Å². The number of aliphatic carboxylic acids is 1. The summed E-state index contributed by atoms with van der Waals surface area (Å²) in [7, 11) is 1.61. The number of rotatable bonds is 9. The zero-order valence-corrected chi connectivity index (χ0v) is 20.1. The molecule has 1 saturated carbocycles. The first-order valence-corrected chi connectivity index (χ1v) is 11.8. The molecule has 2 atom stereocenters. The van der Waals surface area contributed by atoms with Crippen LogP contribution in [0.2, 0.25) is 0 Å². The number of nitrogens with one attached hydrogen (secondary N) is 1. The highest BCUT2D eigenvalue weighted by Crippen LogP contribution is 2.34. The van der Waals surface area contributed by atoms with Crippen LogP contribution >= 0.6 is 0 Å². The van der Waals surface area contributed by atoms with E-state index in [0.29, 0.717) is 25.0 Å². The molecule has 0 spiro atoms. The second-order valence-electron chi connectivity index (χ2n) is 8.75. The van der Waals surface area contributed by atoms with Crippen molar-refractivity contribution >= 4 is 12.1 Å². The fraction of sp³-hybridized carbons (Fsp3) is 0.400. The average Bonchev–Trinajstić information content (AvgIpc) is 3.27. The maximum atomic E-state index is 13.9. The van der Waals surface area contributed by atoms with Gasteiger partial charge in [-0.1, -0.05) is 35.5 Å². The van der Waals surface area contributed by atoms with E-state index in [1.54, 1.807) is 7.05 Å². The SMILES string of the molecule is Cn1nnc(-c2ccc(O[C@H]3CCC[C@H](C(=O)O)C3)c(C(F)F)n2)c1CNC(=O)OCc1ccccc1. The van der Waals surface area contributed by atoms with Crippen molar-refractivity contribution in [2.75, 3.05) is 0 Å². The van der Waals surface area contributed by atoms with Gasteiger partial charge in [-0.05, 0) is 43.4 Å². The lowest BCUT2D eigenvalue weighted by molar-refractivity contribution is -0.143. The van der Waals surface area contributed by atoms with E-state index in [9.17, 15) is 23.5 Å². The summed E-state index contributed by atoms with van der Waals surface area (Å²) < 4.78 is 40.2. The molecule has 1 fully saturated rings. The molecule has 0 unspecified atom stereocenters. The van der Waals surface area contributed by atoms with Gasteiger partial charge < -0.3 is 19.9 Å². The molecular weight excluding hydrogens is 488 g/mol. The molecule has 0 aliphatic heterocycles. The summed E-state index contributed by atoms with van der Waals surface area (Å²) in [6.45, 7) is 0.0766. The number of hydrogen-bond acceptors (Lipinski definition) is 7. The molecule has 0 saturated heterocycles. The molecule has 3 aromatic rings. The number of benzene rings is 1. The Hall–Kier alpha value is -4.09. The molecule has 1 aliphatic carbocycles. The van der Waals surface area contributed by atoms with Crippen molar-refractivity contribution < 1.29 is 33.0 Å². The van der Waals surface area contributed by atoms with Crippen LogP contribution in [-0.2, 0) is 29.7 Å². The van der Waals surface area contributed by atoms with Gasteiger partial charge in [0.2, 0.25) is 0 Å². The Bertz CT molecular complexity index is 1240. The molecule has 1 amide bonds. The monoisotopic (exact) mass is 515 g/mol. The van der Waals surface area contributed by atoms with Gasteiger partial charge in [-0.25, -0.2) is 23.2 Å². The Labute approximate surface area is 211 Å². The Morgan fingerprint density at radius 1 is 1.19 bits per heavy atom. The number of alkyl halides is 2. The van der Waals surface area contributed by atoms with Crippen LogP contribution in [0.4, 0.5) is 13.6 Å². The maximum Gasteiger partial charge on any atom is 0.407 e. The first-order chi connectivity index (χ1) is 17.8. The maximum absolute atomic E-state index is 13.9. The Balaban J connectivity index is 1.46. The fourth-order valence-electron chi connectivity index (χ4n) is 4.21. The summed E-state index contributed by atoms with van der Waals surface area (Å²) in [4.78, 5) is 27.6. The van der Waals surface area contributed by atoms with Crippen LogP contribution in [0.3, 0.4) is 0 Å². The van der Waals surface area contributed by atoms with Crippen LogP contribution in [0.1, 0.15) is 49.1 Å². The van der Waals surface area contributed by atoms with Crippen molar-refractivity contribution in [2.45, 2.75) is 51.4 Å². The van der Waals surface area contributed by atoms with Crippen LogP contribution in [0.5, 0.6) is 5.75 Å². The van der Waals surface area contributed by atoms with Crippen molar-refractivity contribution in [1.29, 1.82) is 0 Å². The normalized spacial score (nSPS) is 17.4. The molecule has 196 valence electrons. The quantitative estimate of drug-likeness (QED) is 0.433. The predicted octanol–water partition coefficient (Wildman–Crippen LogP) is 4.26. The summed E-state index contributed by atoms with van der Waals surface area (Å²) in [6.07, 6.45) is -2.07. The Morgan fingerprint density at radius 2 is 1.97 bits per heavy atom. The largest absolute Gasteiger partial charge is 0.488 e. The highest BCUT2D eigenvalue weighted by Gasteiger charge is 2.30. The van der Waals surface area contributed by atoms with Crippen molar-refractivity contribution in [3.63, 3.8) is 0 Å². The highest BCUT2D eigenvalue weighted by molar-refractivity contribution is 5.70. The van der Waals surface area contributed by atoms with Gasteiger partial charge in [-0.3, -0.25) is 4.79 Å². The molecule has 2 heterocycles. The van der Waals surface area contributed by atoms with Crippen LogP contribution in [0.15, 0.2) is 42.5 Å². The first-order valence-electron chi connectivity index (χ1n) is 11.8. The minimum atomic E-state index is -2.93. The third-order valence-corrected chi connectivity index (χ3v) is 6.16. The minimum absolute atomic E-state index is 0.0188. The molecule has 2 N–H and O–H groups in total. The lowest BCUT2D eigenvalue weighted by Gasteiger charge is -2.27. The highest BCUT2D eigenvalue weighted by atomic mass is 19.3. The number of aromatic nitrogens is 4. The van der Waals surface area contributed by atoms with E-state index < -0.39 is 36.2 Å². The minimum Gasteiger partial charge on any atom is -0.488 e. The molecular formula is C25H27F2N5O5. The Kier molecular flexibility index (Phi) is 8.26. The number of hydrogen-bond donors (Lipinski definition) is 2. The molecule has 0 radical (unpaired) electrons. The number of carboxylic acids is 1. The number of carbonyl (C=O) groups is 2. The second-order valence-corrected chi connectivity index (χ2v) is 8.75. The summed E-state index contributed by atoms with van der Waals surface area (Å²) >= 11 is 0. The number of carboxylic acid groups (broad SMARTS) is 1. The van der Waals surface area contributed by atoms with E-state index in [2.05, 4.69) is 20.6 Å². The molecule has 10 nitrogen and oxygen atoms in total. The molecule has 1 aromatic carbocycles. The lowest BCUT2D eigenvalue weighted by Crippen LogP contribution is -2.29. The Morgan fingerprint density at radius 3 is 2.70 bits per heavy atom. The number of halogens is 2. The van der Waals surface area contributed by atoms with E-state index in [1.165, 1.54) is 16.8 Å². The van der Waals surface area contributed by atoms with Crippen molar-refractivity contribution in [1.82, 2.24) is 25.3 Å². The van der Waals surface area contributed by atoms with Gasteiger partial charge in [0, 0.05) is 7.05 Å². The van der Waals surface area contributed by atoms with Gasteiger partial charge in [0.05, 0.1) is 30.0 Å². The standard InChI is InChI=1S/C25H27F2N5O5/c1-32-19(13-28-25(35)36-14-15-6-3-2-4-7-15)21(30-31-32)18-10-11-20(22(29-18)23(26)27)37-17-9-5-8-16(12-17)24(33)34/h2-4,6-7,10-11,16-17,23H,5,8-9,12-14H2,1H3,(H,28,35)(H,33,34)/t16-,17-/m0/s1. The predicted molar refractivity (Wildman–Crippen MR) is 127 cm³/mol. The van der Waals surface area contributed by atoms with Gasteiger partial charge in [0.25, 0.3) is 6.43 Å². The summed E-state index contributed by atoms with van der Waals surface area (Å²) in [5, 5.41) is 19.9. The molecule has 2 aromatic heterocycles. The molecule has 12 heteroatoms. The number of ether oxygens (including phenoxy) is 2. The average molecular weight is 516 g/mol. The van der Waals surface area contributed by atoms with Crippen LogP contribution in [-0.4, -0.2) is 43.3 Å². The number of nitrogens with zero attached hydrogens (tertiary/aromatic N) is 4. The third kappa shape index (κ3) is 6.57. The number of alkyl carbamates (subject to hydrolysis) is 1. The van der Waals surface area contributed by atoms with Crippen LogP contribution < -0.4 is 10.1 Å². The van der Waals surface area contributed by atoms with Crippen molar-refractivity contribution in [2.24, 2.45) is 13.0 Å². The zero-order chi connectivity index (χ0) is 26.4. The number of amides is 1. The van der Waals surface area contributed by atoms with Crippen molar-refractivity contribution in [3.8, 4) is 17.1 Å². The van der Waals surface area contributed by atoms with Crippen LogP contribution in [0.25, 0.3) is 11.4 Å². The van der Waals surface area contributed by atoms with E-state index in [-0.39, 0.29) is 36.7 Å². The van der Waals surface area contributed by atoms with Gasteiger partial charge in [0.1, 0.15) is 23.7 Å². The van der Waals surface area contributed by atoms with Crippen molar-refractivity contribution in [3.05, 3.63) is 59.4 Å². The van der Waals surface area contributed by atoms with E-state index in [0.717, 1.165) is 5.56 Å². The third-order valence-electron chi connectivity index (χ3n) is 6.16. The first kappa shape index (κ1) is 26.0. The lowest BCUT2D eigenvalue weighted by atomic mass is 9.87. The van der Waals surface area contributed by atoms with Gasteiger partial charge in [-0.2, -0.15) is 0 Å². The smallest absolute Gasteiger partial charge is 0.407 e. The number of aryl methyl sites for hydroxylation is 1. The summed E-state index contributed by atoms with van der Waals surface area (Å²) in [5.74, 6) is -1.57. The molecule has 37 heavy (non-hydrogen) atoms. The number of pyridine rings is 1.